The van der Waals surface area contributed by atoms with E-state index in [-0.39, 0.29) is 0 Å². The van der Waals surface area contributed by atoms with Crippen LogP contribution in [0.3, 0.4) is 0 Å². The summed E-state index contributed by atoms with van der Waals surface area (Å²) in [6.07, 6.45) is 0.333. The standard InChI is InChI=1S/C9H11NO2/c10-8(9(11)12)6-7-4-2-1-3-5-7/h1-5,8H,6,10H2,(H,11,12)/t8-/m0/s1/i/hT. The number of carbonyl (C=O) groups is 1. The predicted octanol–water partition coefficient (Wildman–Crippen LogP) is 0.641. The van der Waals surface area contributed by atoms with Crippen LogP contribution in [0.25, 0.3) is 0 Å². The van der Waals surface area contributed by atoms with Crippen molar-refractivity contribution in [2.24, 2.45) is 5.73 Å². The van der Waals surface area contributed by atoms with E-state index in [4.69, 9.17) is 6.52 Å². The van der Waals surface area contributed by atoms with Crippen LogP contribution in [0.5, 0.6) is 0 Å². The SMILES string of the molecule is [3H]N[C@@H](Cc1ccccc1)C(=O)O. The van der Waals surface area contributed by atoms with Crippen LogP contribution in [-0.2, 0) is 11.2 Å². The first-order chi connectivity index (χ1) is 6.24. The number of carboxylic acid groups (broad SMARTS) is 1. The van der Waals surface area contributed by atoms with Gasteiger partial charge in [0.25, 0.3) is 0 Å². The van der Waals surface area contributed by atoms with Gasteiger partial charge in [-0.25, -0.2) is 0 Å². The van der Waals surface area contributed by atoms with Crippen LogP contribution in [0.1, 0.15) is 5.56 Å². The van der Waals surface area contributed by atoms with Crippen molar-refractivity contribution in [2.75, 3.05) is 0 Å². The minimum atomic E-state index is -1.00. The van der Waals surface area contributed by atoms with Crippen molar-refractivity contribution in [3.05, 3.63) is 35.9 Å². The molecule has 0 fully saturated rings. The van der Waals surface area contributed by atoms with Gasteiger partial charge in [-0.3, -0.25) is 4.79 Å². The number of carboxylic acids is 1. The molecular weight excluding hydrogens is 154 g/mol. The van der Waals surface area contributed by atoms with Gasteiger partial charge in [0.1, 0.15) is 7.45 Å². The van der Waals surface area contributed by atoms with Gasteiger partial charge in [-0.15, -0.1) is 0 Å². The maximum atomic E-state index is 10.6. The molecule has 1 rings (SSSR count). The molecule has 1 aromatic rings. The zero-order valence-electron chi connectivity index (χ0n) is 7.53. The molecule has 0 spiro atoms. The highest BCUT2D eigenvalue weighted by molar-refractivity contribution is 5.73. The lowest BCUT2D eigenvalue weighted by molar-refractivity contribution is -0.138. The van der Waals surface area contributed by atoms with E-state index >= 15 is 0 Å². The summed E-state index contributed by atoms with van der Waals surface area (Å²) in [5, 5.41) is 8.65. The molecule has 1 aromatic carbocycles. The lowest BCUT2D eigenvalue weighted by Crippen LogP contribution is -2.32. The summed E-state index contributed by atoms with van der Waals surface area (Å²) < 4.78 is 6.81. The first-order valence-electron chi connectivity index (χ1n) is 4.18. The molecule has 0 saturated heterocycles. The number of hydrogen-bond acceptors (Lipinski definition) is 2. The second kappa shape index (κ2) is 3.88. The molecule has 3 heteroatoms. The molecule has 0 amide bonds. The summed E-state index contributed by atoms with van der Waals surface area (Å²) in [4.78, 5) is 10.6. The molecule has 0 saturated carbocycles. The summed E-state index contributed by atoms with van der Waals surface area (Å²) in [6.45, 7) is 0. The predicted molar refractivity (Wildman–Crippen MR) is 45.8 cm³/mol. The molecule has 0 heterocycles. The number of nitrogens with two attached hydrogens (primary N) is 1. The van der Waals surface area contributed by atoms with E-state index in [1.165, 1.54) is 0 Å². The summed E-state index contributed by atoms with van der Waals surface area (Å²) in [6, 6.07) is 8.41. The van der Waals surface area contributed by atoms with E-state index in [0.717, 1.165) is 5.56 Å². The molecule has 3 nitrogen and oxygen atoms in total. The van der Waals surface area contributed by atoms with Gasteiger partial charge in [0.05, 0.1) is 0 Å². The van der Waals surface area contributed by atoms with Gasteiger partial charge in [0, 0.05) is 0 Å². The summed E-state index contributed by atoms with van der Waals surface area (Å²) in [5.74, 6) is -1.00. The van der Waals surface area contributed by atoms with Crippen LogP contribution in [0, 0.1) is 0 Å². The molecule has 0 aliphatic heterocycles. The largest absolute Gasteiger partial charge is 0.480 e. The lowest BCUT2D eigenvalue weighted by atomic mass is 10.1. The van der Waals surface area contributed by atoms with E-state index in [9.17, 15) is 4.79 Å². The number of benzene rings is 1. The van der Waals surface area contributed by atoms with Gasteiger partial charge in [-0.05, 0) is 12.0 Å². The van der Waals surface area contributed by atoms with E-state index in [1.807, 2.05) is 36.1 Å². The average Bonchev–Trinajstić information content (AvgIpc) is 2.15. The Bertz CT molecular complexity index is 276. The Labute approximate surface area is 72.3 Å². The first kappa shape index (κ1) is 7.31. The molecule has 1 atom stereocenters. The molecular formula is C9H11NO2. The molecule has 3 N–H and O–H groups in total. The van der Waals surface area contributed by atoms with Crippen molar-refractivity contribution >= 4 is 5.97 Å². The van der Waals surface area contributed by atoms with Crippen molar-refractivity contribution in [3.8, 4) is 0 Å². The van der Waals surface area contributed by atoms with Crippen molar-refractivity contribution in [1.29, 1.82) is 0 Å². The van der Waals surface area contributed by atoms with Gasteiger partial charge in [-0.2, -0.15) is 0 Å². The Kier molecular flexibility index (Phi) is 2.36. The van der Waals surface area contributed by atoms with Crippen LogP contribution in [-0.4, -0.2) is 17.1 Å². The Morgan fingerprint density at radius 1 is 1.58 bits per heavy atom. The molecule has 64 valence electrons. The van der Waals surface area contributed by atoms with E-state index in [1.54, 1.807) is 0 Å². The van der Waals surface area contributed by atoms with E-state index < -0.39 is 12.0 Å². The van der Waals surface area contributed by atoms with Crippen LogP contribution in [0.2, 0.25) is 1.41 Å². The fraction of sp³-hybridized carbons (Fsp3) is 0.222. The second-order valence-electron chi connectivity index (χ2n) is 2.58. The third-order valence-electron chi connectivity index (χ3n) is 1.58. The number of rotatable bonds is 4. The average molecular weight is 167 g/mol. The normalized spacial score (nSPS) is 13.5. The number of aliphatic carboxylic acids is 1. The smallest absolute Gasteiger partial charge is 0.320 e. The van der Waals surface area contributed by atoms with Crippen molar-refractivity contribution in [3.63, 3.8) is 0 Å². The molecule has 0 bridgehead atoms. The molecule has 0 aliphatic rings. The molecule has 0 radical (unpaired) electrons. The molecule has 0 unspecified atom stereocenters. The summed E-state index contributed by atoms with van der Waals surface area (Å²) >= 11 is 0. The third-order valence-corrected chi connectivity index (χ3v) is 1.58. The Morgan fingerprint density at radius 2 is 2.25 bits per heavy atom. The van der Waals surface area contributed by atoms with E-state index in [0.29, 0.717) is 6.42 Å². The third kappa shape index (κ3) is 2.36. The first-order valence-corrected chi connectivity index (χ1v) is 3.68. The lowest BCUT2D eigenvalue weighted by Gasteiger charge is -2.04. The second-order valence-corrected chi connectivity index (χ2v) is 2.58. The Hall–Kier alpha value is -1.35. The molecule has 0 aliphatic carbocycles. The fourth-order valence-corrected chi connectivity index (χ4v) is 0.937. The van der Waals surface area contributed by atoms with E-state index in [2.05, 4.69) is 0 Å². The zero-order chi connectivity index (χ0) is 9.68. The van der Waals surface area contributed by atoms with Gasteiger partial charge in [0.2, 0.25) is 0 Å². The Morgan fingerprint density at radius 3 is 2.75 bits per heavy atom. The number of hydrogen-bond donors (Lipinski definition) is 2. The summed E-state index contributed by atoms with van der Waals surface area (Å²) in [5.41, 5.74) is 2.91. The van der Waals surface area contributed by atoms with Crippen molar-refractivity contribution in [2.45, 2.75) is 12.5 Å². The molecule has 12 heavy (non-hydrogen) atoms. The van der Waals surface area contributed by atoms with Crippen LogP contribution < -0.4 is 5.73 Å². The monoisotopic (exact) mass is 167 g/mol. The quantitative estimate of drug-likeness (QED) is 0.691. The topological polar surface area (TPSA) is 63.3 Å². The summed E-state index contributed by atoms with van der Waals surface area (Å²) in [7, 11) is 0. The van der Waals surface area contributed by atoms with Crippen LogP contribution in [0.4, 0.5) is 0 Å². The highest BCUT2D eigenvalue weighted by Gasteiger charge is 2.10. The fourth-order valence-electron chi connectivity index (χ4n) is 0.937. The minimum absolute atomic E-state index is 0.333. The highest BCUT2D eigenvalue weighted by Crippen LogP contribution is 2.01. The maximum Gasteiger partial charge on any atom is 0.320 e. The molecule has 0 aromatic heterocycles. The van der Waals surface area contributed by atoms with Crippen LogP contribution >= 0.6 is 0 Å². The van der Waals surface area contributed by atoms with Gasteiger partial charge < -0.3 is 10.8 Å². The van der Waals surface area contributed by atoms with Gasteiger partial charge in [0.15, 0.2) is 0 Å². The van der Waals surface area contributed by atoms with Crippen molar-refractivity contribution in [1.82, 2.24) is 0 Å². The minimum Gasteiger partial charge on any atom is -0.480 e. The van der Waals surface area contributed by atoms with Crippen molar-refractivity contribution < 1.29 is 11.3 Å². The zero-order valence-corrected chi connectivity index (χ0v) is 6.53. The maximum absolute atomic E-state index is 10.6. The highest BCUT2D eigenvalue weighted by atomic mass is 16.4. The van der Waals surface area contributed by atoms with Crippen LogP contribution in [0.15, 0.2) is 30.3 Å². The Balaban J connectivity index is 2.62. The van der Waals surface area contributed by atoms with Gasteiger partial charge in [-0.1, -0.05) is 30.3 Å². The van der Waals surface area contributed by atoms with Gasteiger partial charge >= 0.3 is 5.97 Å².